The number of rotatable bonds is 6. The first-order valence-electron chi connectivity index (χ1n) is 8.96. The monoisotopic (exact) mass is 409 g/mol. The fourth-order valence-corrected chi connectivity index (χ4v) is 3.62. The lowest BCUT2D eigenvalue weighted by molar-refractivity contribution is 0.487. The average Bonchev–Trinajstić information content (AvgIpc) is 3.29. The maximum Gasteiger partial charge on any atom is 0.280 e. The van der Waals surface area contributed by atoms with Crippen LogP contribution in [0.25, 0.3) is 22.3 Å². The molecule has 0 amide bonds. The van der Waals surface area contributed by atoms with E-state index in [0.29, 0.717) is 52.7 Å². The molecule has 10 heteroatoms. The van der Waals surface area contributed by atoms with E-state index >= 15 is 0 Å². The van der Waals surface area contributed by atoms with Crippen LogP contribution in [-0.2, 0) is 13.6 Å². The Morgan fingerprint density at radius 3 is 2.86 bits per heavy atom. The van der Waals surface area contributed by atoms with Crippen LogP contribution in [0, 0.1) is 11.8 Å². The first kappa shape index (κ1) is 19.0. The highest BCUT2D eigenvalue weighted by atomic mass is 32.2. The largest absolute Gasteiger partial charge is 0.431 e. The van der Waals surface area contributed by atoms with Gasteiger partial charge in [-0.1, -0.05) is 18.1 Å². The second kappa shape index (κ2) is 7.98. The quantitative estimate of drug-likeness (QED) is 0.366. The molecule has 3 N–H and O–H groups in total. The van der Waals surface area contributed by atoms with Crippen LogP contribution in [-0.4, -0.2) is 37.2 Å². The van der Waals surface area contributed by atoms with Gasteiger partial charge in [-0.2, -0.15) is 4.98 Å². The Morgan fingerprint density at radius 1 is 1.28 bits per heavy atom. The van der Waals surface area contributed by atoms with Crippen molar-refractivity contribution in [1.29, 1.82) is 0 Å². The second-order valence-corrected chi connectivity index (χ2v) is 7.06. The van der Waals surface area contributed by atoms with Crippen molar-refractivity contribution in [2.45, 2.75) is 23.8 Å². The highest BCUT2D eigenvalue weighted by Crippen LogP contribution is 2.29. The first-order chi connectivity index (χ1) is 14.1. The van der Waals surface area contributed by atoms with Crippen LogP contribution in [0.5, 0.6) is 0 Å². The molecule has 9 nitrogen and oxygen atoms in total. The third-order valence-corrected chi connectivity index (χ3v) is 5.14. The molecule has 4 rings (SSSR count). The molecule has 0 radical (unpaired) electrons. The number of hydrogen-bond donors (Lipinski definition) is 2. The number of oxazole rings is 1. The van der Waals surface area contributed by atoms with Gasteiger partial charge in [0.2, 0.25) is 5.95 Å². The molecular formula is C19H19N7O2S. The topological polar surface area (TPSA) is 117 Å². The Kier molecular flexibility index (Phi) is 5.24. The summed E-state index contributed by atoms with van der Waals surface area (Å²) in [5, 5.41) is 3.97. The molecule has 0 spiro atoms. The molecule has 0 aliphatic heterocycles. The smallest absolute Gasteiger partial charge is 0.280 e. The van der Waals surface area contributed by atoms with Gasteiger partial charge in [0.15, 0.2) is 21.9 Å². The summed E-state index contributed by atoms with van der Waals surface area (Å²) in [6.07, 6.45) is 0. The van der Waals surface area contributed by atoms with Crippen molar-refractivity contribution in [3.63, 3.8) is 0 Å². The van der Waals surface area contributed by atoms with Gasteiger partial charge in [0, 0.05) is 31.9 Å². The molecule has 4 aromatic rings. The number of aromatic nitrogens is 5. The van der Waals surface area contributed by atoms with Gasteiger partial charge >= 0.3 is 0 Å². The van der Waals surface area contributed by atoms with Crippen LogP contribution in [0.4, 0.5) is 5.95 Å². The van der Waals surface area contributed by atoms with Gasteiger partial charge < -0.3 is 15.5 Å². The van der Waals surface area contributed by atoms with E-state index in [9.17, 15) is 4.79 Å². The van der Waals surface area contributed by atoms with Crippen LogP contribution in [0.3, 0.4) is 0 Å². The Labute approximate surface area is 170 Å². The Bertz CT molecular complexity index is 1280. The summed E-state index contributed by atoms with van der Waals surface area (Å²) >= 11 is 1.18. The van der Waals surface area contributed by atoms with E-state index in [1.807, 2.05) is 24.3 Å². The molecule has 3 aromatic heterocycles. The molecule has 1 aromatic carbocycles. The highest BCUT2D eigenvalue weighted by Gasteiger charge is 2.19. The number of benzene rings is 1. The van der Waals surface area contributed by atoms with E-state index in [1.165, 1.54) is 16.3 Å². The molecule has 0 atom stereocenters. The van der Waals surface area contributed by atoms with Gasteiger partial charge in [-0.3, -0.25) is 13.9 Å². The standard InChI is InChI=1S/C19H19N7O2S/c1-3-4-11-26-14-15(23-17(26)21-10-9-20)24-18(25(2)16(14)27)29-19-22-12-7-5-6-8-13(12)28-19/h5-8H,9-11,20H2,1-2H3,(H,21,23). The van der Waals surface area contributed by atoms with Gasteiger partial charge in [-0.05, 0) is 19.1 Å². The lowest BCUT2D eigenvalue weighted by atomic mass is 10.3. The van der Waals surface area contributed by atoms with E-state index in [2.05, 4.69) is 32.1 Å². The maximum atomic E-state index is 13.1. The van der Waals surface area contributed by atoms with Gasteiger partial charge in [-0.15, -0.1) is 5.92 Å². The summed E-state index contributed by atoms with van der Waals surface area (Å²) in [6, 6.07) is 7.48. The van der Waals surface area contributed by atoms with Crippen molar-refractivity contribution in [3.8, 4) is 11.8 Å². The molecular weight excluding hydrogens is 390 g/mol. The molecule has 0 aliphatic rings. The summed E-state index contributed by atoms with van der Waals surface area (Å²) in [4.78, 5) is 26.6. The lowest BCUT2D eigenvalue weighted by Crippen LogP contribution is -2.22. The fraction of sp³-hybridized carbons (Fsp3) is 0.263. The summed E-state index contributed by atoms with van der Waals surface area (Å²) in [7, 11) is 1.66. The molecule has 148 valence electrons. The van der Waals surface area contributed by atoms with E-state index in [4.69, 9.17) is 10.2 Å². The molecule has 0 saturated carbocycles. The number of nitrogens with one attached hydrogen (secondary N) is 1. The zero-order valence-electron chi connectivity index (χ0n) is 16.0. The van der Waals surface area contributed by atoms with E-state index in [1.54, 1.807) is 18.5 Å². The molecule has 0 fully saturated rings. The summed E-state index contributed by atoms with van der Waals surface area (Å²) in [6.45, 7) is 3.03. The maximum absolute atomic E-state index is 13.1. The predicted molar refractivity (Wildman–Crippen MR) is 112 cm³/mol. The molecule has 0 aliphatic carbocycles. The first-order valence-corrected chi connectivity index (χ1v) is 9.78. The van der Waals surface area contributed by atoms with E-state index in [-0.39, 0.29) is 5.56 Å². The zero-order chi connectivity index (χ0) is 20.4. The van der Waals surface area contributed by atoms with Gasteiger partial charge in [-0.25, -0.2) is 9.97 Å². The van der Waals surface area contributed by atoms with Crippen molar-refractivity contribution in [3.05, 3.63) is 34.6 Å². The second-order valence-electron chi connectivity index (χ2n) is 6.14. The predicted octanol–water partition coefficient (Wildman–Crippen LogP) is 1.82. The minimum Gasteiger partial charge on any atom is -0.431 e. The molecule has 3 heterocycles. The van der Waals surface area contributed by atoms with E-state index < -0.39 is 0 Å². The van der Waals surface area contributed by atoms with Crippen molar-refractivity contribution in [1.82, 2.24) is 24.1 Å². The van der Waals surface area contributed by atoms with Crippen LogP contribution >= 0.6 is 11.8 Å². The lowest BCUT2D eigenvalue weighted by Gasteiger charge is -2.07. The van der Waals surface area contributed by atoms with Crippen LogP contribution in [0.15, 0.2) is 43.9 Å². The number of hydrogen-bond acceptors (Lipinski definition) is 8. The number of nitrogens with two attached hydrogens (primary N) is 1. The molecule has 0 bridgehead atoms. The summed E-state index contributed by atoms with van der Waals surface area (Å²) in [5.41, 5.74) is 7.51. The van der Waals surface area contributed by atoms with Crippen LogP contribution in [0.2, 0.25) is 0 Å². The molecule has 0 saturated heterocycles. The Balaban J connectivity index is 1.80. The third kappa shape index (κ3) is 3.57. The Hall–Kier alpha value is -3.29. The number of fused-ring (bicyclic) bond motifs is 2. The zero-order valence-corrected chi connectivity index (χ0v) is 16.8. The summed E-state index contributed by atoms with van der Waals surface area (Å²) < 4.78 is 8.93. The van der Waals surface area contributed by atoms with Crippen molar-refractivity contribution < 1.29 is 4.42 Å². The van der Waals surface area contributed by atoms with Gasteiger partial charge in [0.05, 0.1) is 6.54 Å². The highest BCUT2D eigenvalue weighted by molar-refractivity contribution is 7.99. The number of para-hydroxylation sites is 2. The van der Waals surface area contributed by atoms with Crippen molar-refractivity contribution >= 4 is 40.0 Å². The Morgan fingerprint density at radius 2 is 2.10 bits per heavy atom. The van der Waals surface area contributed by atoms with Gasteiger partial charge in [0.1, 0.15) is 5.52 Å². The minimum absolute atomic E-state index is 0.222. The average molecular weight is 409 g/mol. The van der Waals surface area contributed by atoms with Crippen molar-refractivity contribution in [2.24, 2.45) is 12.8 Å². The molecule has 29 heavy (non-hydrogen) atoms. The van der Waals surface area contributed by atoms with Crippen LogP contribution in [0.1, 0.15) is 6.92 Å². The molecule has 0 unspecified atom stereocenters. The normalized spacial score (nSPS) is 11.0. The number of nitrogens with zero attached hydrogens (tertiary/aromatic N) is 5. The summed E-state index contributed by atoms with van der Waals surface area (Å²) in [5.74, 6) is 6.33. The third-order valence-electron chi connectivity index (χ3n) is 4.24. The fourth-order valence-electron chi connectivity index (χ4n) is 2.84. The van der Waals surface area contributed by atoms with Crippen molar-refractivity contribution in [2.75, 3.05) is 18.4 Å². The number of anilines is 1. The van der Waals surface area contributed by atoms with Crippen LogP contribution < -0.4 is 16.6 Å². The van der Waals surface area contributed by atoms with Gasteiger partial charge in [0.25, 0.3) is 10.8 Å². The van der Waals surface area contributed by atoms with E-state index in [0.717, 1.165) is 5.52 Å². The number of imidazole rings is 1. The minimum atomic E-state index is -0.222. The SMILES string of the molecule is CC#CCn1c(NCCN)nc2nc(Sc3nc4ccccc4o3)n(C)c(=O)c21.